The Labute approximate surface area is 182 Å². The average molecular weight is 421 g/mol. The first kappa shape index (κ1) is 20.4. The zero-order valence-electron chi connectivity index (χ0n) is 18.8. The molecule has 164 valence electrons. The maximum atomic E-state index is 13.4. The van der Waals surface area contributed by atoms with Crippen molar-refractivity contribution in [3.05, 3.63) is 51.1 Å². The van der Waals surface area contributed by atoms with Crippen LogP contribution in [0.15, 0.2) is 23.0 Å². The fourth-order valence-electron chi connectivity index (χ4n) is 5.45. The van der Waals surface area contributed by atoms with E-state index < -0.39 is 0 Å². The lowest BCUT2D eigenvalue weighted by atomic mass is 9.95. The predicted octanol–water partition coefficient (Wildman–Crippen LogP) is 4.07. The van der Waals surface area contributed by atoms with E-state index in [0.717, 1.165) is 54.6 Å². The molecule has 1 saturated carbocycles. The Kier molecular flexibility index (Phi) is 5.38. The van der Waals surface area contributed by atoms with Crippen LogP contribution >= 0.6 is 0 Å². The average Bonchev–Trinajstić information content (AvgIpc) is 3.42. The van der Waals surface area contributed by atoms with Gasteiger partial charge in [-0.3, -0.25) is 9.69 Å². The smallest absolute Gasteiger partial charge is 0.253 e. The van der Waals surface area contributed by atoms with Gasteiger partial charge >= 0.3 is 0 Å². The van der Waals surface area contributed by atoms with Crippen LogP contribution in [0.4, 0.5) is 0 Å². The van der Waals surface area contributed by atoms with Crippen LogP contribution in [0.25, 0.3) is 10.9 Å². The molecule has 3 aromatic rings. The highest BCUT2D eigenvalue weighted by Crippen LogP contribution is 2.35. The largest absolute Gasteiger partial charge is 0.322 e. The van der Waals surface area contributed by atoms with E-state index >= 15 is 0 Å². The Balaban J connectivity index is 1.66. The number of piperidine rings is 1. The highest BCUT2D eigenvalue weighted by Gasteiger charge is 2.34. The lowest BCUT2D eigenvalue weighted by molar-refractivity contribution is 0.139. The van der Waals surface area contributed by atoms with Gasteiger partial charge in [-0.2, -0.15) is 0 Å². The Morgan fingerprint density at radius 3 is 2.61 bits per heavy atom. The topological polar surface area (TPSA) is 79.7 Å². The quantitative estimate of drug-likeness (QED) is 0.688. The Morgan fingerprint density at radius 2 is 1.84 bits per heavy atom. The van der Waals surface area contributed by atoms with Crippen LogP contribution in [0, 0.1) is 19.8 Å². The molecule has 0 bridgehead atoms. The van der Waals surface area contributed by atoms with Gasteiger partial charge in [0.15, 0.2) is 5.82 Å². The SMILES string of the molecule is Cc1cc2cc(C(c3nnnn3C3CCCC3)N3CCCC(C)C3)c(=O)[nH]c2cc1C. The molecule has 0 spiro atoms. The third kappa shape index (κ3) is 3.80. The zero-order valence-corrected chi connectivity index (χ0v) is 18.8. The van der Waals surface area contributed by atoms with Crippen LogP contribution in [0.1, 0.15) is 80.0 Å². The van der Waals surface area contributed by atoms with E-state index in [1.807, 2.05) is 4.68 Å². The van der Waals surface area contributed by atoms with Crippen LogP contribution in [0.3, 0.4) is 0 Å². The standard InChI is InChI=1S/C24H32N6O/c1-15-7-6-10-29(14-15)22(23-26-27-28-30(23)19-8-4-5-9-19)20-13-18-11-16(2)17(3)12-21(18)25-24(20)31/h11-13,15,19,22H,4-10,14H2,1-3H3,(H,25,31). The molecule has 1 aliphatic carbocycles. The number of aryl methyl sites for hydroxylation is 2. The maximum absolute atomic E-state index is 13.4. The van der Waals surface area contributed by atoms with E-state index in [-0.39, 0.29) is 11.6 Å². The van der Waals surface area contributed by atoms with Gasteiger partial charge in [0.25, 0.3) is 5.56 Å². The number of nitrogens with one attached hydrogen (secondary N) is 1. The molecule has 2 aromatic heterocycles. The molecule has 31 heavy (non-hydrogen) atoms. The molecule has 0 amide bonds. The van der Waals surface area contributed by atoms with Gasteiger partial charge in [-0.05, 0) is 97.1 Å². The number of benzene rings is 1. The Bertz CT molecular complexity index is 1140. The summed E-state index contributed by atoms with van der Waals surface area (Å²) in [6.07, 6.45) is 6.99. The first-order valence-electron chi connectivity index (χ1n) is 11.7. The van der Waals surface area contributed by atoms with Crippen molar-refractivity contribution in [1.29, 1.82) is 0 Å². The van der Waals surface area contributed by atoms with Crippen LogP contribution in [0.5, 0.6) is 0 Å². The number of fused-ring (bicyclic) bond motifs is 1. The Hall–Kier alpha value is -2.54. The molecule has 2 unspecified atom stereocenters. The monoisotopic (exact) mass is 420 g/mol. The van der Waals surface area contributed by atoms with Gasteiger partial charge in [0.1, 0.15) is 6.04 Å². The third-order valence-electron chi connectivity index (χ3n) is 7.27. The number of hydrogen-bond donors (Lipinski definition) is 1. The van der Waals surface area contributed by atoms with E-state index in [2.05, 4.69) is 64.4 Å². The number of aromatic amines is 1. The highest BCUT2D eigenvalue weighted by atomic mass is 16.1. The zero-order chi connectivity index (χ0) is 21.5. The Morgan fingerprint density at radius 1 is 1.06 bits per heavy atom. The molecule has 1 aliphatic heterocycles. The summed E-state index contributed by atoms with van der Waals surface area (Å²) in [4.78, 5) is 18.9. The van der Waals surface area contributed by atoms with Gasteiger partial charge in [-0.15, -0.1) is 5.10 Å². The maximum Gasteiger partial charge on any atom is 0.253 e. The summed E-state index contributed by atoms with van der Waals surface area (Å²) in [7, 11) is 0. The molecule has 7 heteroatoms. The van der Waals surface area contributed by atoms with Crippen molar-refractivity contribution in [2.24, 2.45) is 5.92 Å². The van der Waals surface area contributed by atoms with Crippen molar-refractivity contribution in [1.82, 2.24) is 30.1 Å². The van der Waals surface area contributed by atoms with Crippen LogP contribution in [0.2, 0.25) is 0 Å². The summed E-state index contributed by atoms with van der Waals surface area (Å²) in [6, 6.07) is 6.40. The molecular weight excluding hydrogens is 388 g/mol. The number of nitrogens with zero attached hydrogens (tertiary/aromatic N) is 5. The van der Waals surface area contributed by atoms with Gasteiger partial charge in [-0.1, -0.05) is 19.8 Å². The molecule has 3 heterocycles. The van der Waals surface area contributed by atoms with E-state index in [0.29, 0.717) is 12.0 Å². The van der Waals surface area contributed by atoms with Gasteiger partial charge in [0, 0.05) is 17.6 Å². The normalized spacial score (nSPS) is 21.7. The molecule has 5 rings (SSSR count). The number of tetrazole rings is 1. The van der Waals surface area contributed by atoms with Crippen molar-refractivity contribution in [3.63, 3.8) is 0 Å². The van der Waals surface area contributed by atoms with Crippen molar-refractivity contribution in [3.8, 4) is 0 Å². The van der Waals surface area contributed by atoms with Crippen molar-refractivity contribution < 1.29 is 0 Å². The number of H-pyrrole nitrogens is 1. The van der Waals surface area contributed by atoms with Gasteiger partial charge in [0.2, 0.25) is 0 Å². The number of likely N-dealkylation sites (tertiary alicyclic amines) is 1. The lowest BCUT2D eigenvalue weighted by Crippen LogP contribution is -2.41. The van der Waals surface area contributed by atoms with E-state index in [1.54, 1.807) is 0 Å². The third-order valence-corrected chi connectivity index (χ3v) is 7.27. The molecule has 7 nitrogen and oxygen atoms in total. The molecule has 1 aromatic carbocycles. The van der Waals surface area contributed by atoms with E-state index in [4.69, 9.17) is 0 Å². The van der Waals surface area contributed by atoms with E-state index in [9.17, 15) is 4.79 Å². The molecule has 1 N–H and O–H groups in total. The van der Waals surface area contributed by atoms with Crippen LogP contribution in [-0.2, 0) is 0 Å². The minimum absolute atomic E-state index is 0.0417. The van der Waals surface area contributed by atoms with Crippen LogP contribution < -0.4 is 5.56 Å². The molecule has 2 fully saturated rings. The summed E-state index contributed by atoms with van der Waals surface area (Å²) in [5, 5.41) is 14.0. The van der Waals surface area contributed by atoms with Crippen molar-refractivity contribution in [2.75, 3.05) is 13.1 Å². The second kappa shape index (κ2) is 8.19. The molecular formula is C24H32N6O. The second-order valence-electron chi connectivity index (χ2n) is 9.64. The molecule has 2 atom stereocenters. The molecule has 0 radical (unpaired) electrons. The van der Waals surface area contributed by atoms with Gasteiger partial charge in [-0.25, -0.2) is 4.68 Å². The summed E-state index contributed by atoms with van der Waals surface area (Å²) in [5.41, 5.74) is 4.00. The van der Waals surface area contributed by atoms with E-state index in [1.165, 1.54) is 30.4 Å². The van der Waals surface area contributed by atoms with Gasteiger partial charge < -0.3 is 4.98 Å². The second-order valence-corrected chi connectivity index (χ2v) is 9.64. The predicted molar refractivity (Wildman–Crippen MR) is 121 cm³/mol. The fraction of sp³-hybridized carbons (Fsp3) is 0.583. The minimum atomic E-state index is -0.229. The molecule has 1 saturated heterocycles. The summed E-state index contributed by atoms with van der Waals surface area (Å²) < 4.78 is 2.01. The summed E-state index contributed by atoms with van der Waals surface area (Å²) in [5.74, 6) is 1.41. The number of hydrogen-bond acceptors (Lipinski definition) is 5. The fourth-order valence-corrected chi connectivity index (χ4v) is 5.45. The first-order chi connectivity index (χ1) is 15.0. The van der Waals surface area contributed by atoms with Crippen molar-refractivity contribution >= 4 is 10.9 Å². The summed E-state index contributed by atoms with van der Waals surface area (Å²) >= 11 is 0. The lowest BCUT2D eigenvalue weighted by Gasteiger charge is -2.36. The van der Waals surface area contributed by atoms with Crippen molar-refractivity contribution in [2.45, 2.75) is 71.4 Å². The molecule has 2 aliphatic rings. The van der Waals surface area contributed by atoms with Crippen LogP contribution in [-0.4, -0.2) is 43.2 Å². The number of rotatable bonds is 4. The minimum Gasteiger partial charge on any atom is -0.322 e. The summed E-state index contributed by atoms with van der Waals surface area (Å²) in [6.45, 7) is 8.39. The number of pyridine rings is 1. The van der Waals surface area contributed by atoms with Gasteiger partial charge in [0.05, 0.1) is 6.04 Å². The first-order valence-corrected chi connectivity index (χ1v) is 11.7. The number of aromatic nitrogens is 5. The highest BCUT2D eigenvalue weighted by molar-refractivity contribution is 5.81.